The van der Waals surface area contributed by atoms with Crippen LogP contribution in [-0.2, 0) is 6.54 Å². The fourth-order valence-corrected chi connectivity index (χ4v) is 1.35. The van der Waals surface area contributed by atoms with Gasteiger partial charge in [0.1, 0.15) is 0 Å². The molecule has 1 aromatic carbocycles. The molecule has 2 heteroatoms. The van der Waals surface area contributed by atoms with Crippen molar-refractivity contribution in [1.82, 2.24) is 5.32 Å². The zero-order valence-corrected chi connectivity index (χ0v) is 8.96. The molecule has 1 unspecified atom stereocenters. The fraction of sp³-hybridized carbons (Fsp3) is 0.500. The van der Waals surface area contributed by atoms with Crippen LogP contribution in [0.15, 0.2) is 24.3 Å². The van der Waals surface area contributed by atoms with Crippen molar-refractivity contribution < 1.29 is 5.11 Å². The molecule has 1 rings (SSSR count). The number of aliphatic hydroxyl groups is 1. The lowest BCUT2D eigenvalue weighted by molar-refractivity contribution is 0.167. The second-order valence-electron chi connectivity index (χ2n) is 3.68. The topological polar surface area (TPSA) is 32.3 Å². The van der Waals surface area contributed by atoms with Gasteiger partial charge in [0.25, 0.3) is 0 Å². The van der Waals surface area contributed by atoms with Crippen LogP contribution in [0.4, 0.5) is 0 Å². The molecule has 0 saturated heterocycles. The molecular weight excluding hydrogens is 174 g/mol. The van der Waals surface area contributed by atoms with E-state index in [2.05, 4.69) is 36.5 Å². The summed E-state index contributed by atoms with van der Waals surface area (Å²) in [7, 11) is 0. The molecule has 0 amide bonds. The quantitative estimate of drug-likeness (QED) is 0.748. The van der Waals surface area contributed by atoms with Crippen molar-refractivity contribution in [2.75, 3.05) is 6.54 Å². The van der Waals surface area contributed by atoms with Crippen LogP contribution >= 0.6 is 0 Å². The third kappa shape index (κ3) is 3.90. The van der Waals surface area contributed by atoms with Gasteiger partial charge in [0.2, 0.25) is 0 Å². The Morgan fingerprint density at radius 2 is 2.21 bits per heavy atom. The first-order valence-corrected chi connectivity index (χ1v) is 5.16. The van der Waals surface area contributed by atoms with Crippen molar-refractivity contribution >= 4 is 0 Å². The predicted octanol–water partition coefficient (Wildman–Crippen LogP) is 1.86. The number of aryl methyl sites for hydroxylation is 1. The molecule has 1 aromatic rings. The van der Waals surface area contributed by atoms with Gasteiger partial charge in [-0.25, -0.2) is 0 Å². The maximum Gasteiger partial charge on any atom is 0.0662 e. The monoisotopic (exact) mass is 193 g/mol. The Balaban J connectivity index is 2.31. The summed E-state index contributed by atoms with van der Waals surface area (Å²) in [4.78, 5) is 0. The van der Waals surface area contributed by atoms with E-state index in [-0.39, 0.29) is 6.10 Å². The third-order valence-corrected chi connectivity index (χ3v) is 2.26. The summed E-state index contributed by atoms with van der Waals surface area (Å²) in [5.41, 5.74) is 2.55. The molecule has 0 saturated carbocycles. The summed E-state index contributed by atoms with van der Waals surface area (Å²) in [5, 5.41) is 12.6. The molecule has 0 aromatic heterocycles. The van der Waals surface area contributed by atoms with Crippen molar-refractivity contribution in [1.29, 1.82) is 0 Å². The summed E-state index contributed by atoms with van der Waals surface area (Å²) < 4.78 is 0. The van der Waals surface area contributed by atoms with Gasteiger partial charge in [0, 0.05) is 13.1 Å². The Morgan fingerprint density at radius 1 is 1.43 bits per heavy atom. The van der Waals surface area contributed by atoms with Crippen molar-refractivity contribution in [2.24, 2.45) is 0 Å². The molecule has 1 atom stereocenters. The molecule has 2 N–H and O–H groups in total. The van der Waals surface area contributed by atoms with E-state index in [9.17, 15) is 5.11 Å². The van der Waals surface area contributed by atoms with Gasteiger partial charge in [-0.05, 0) is 18.9 Å². The van der Waals surface area contributed by atoms with Gasteiger partial charge in [-0.3, -0.25) is 0 Å². The second kappa shape index (κ2) is 5.78. The maximum absolute atomic E-state index is 9.33. The highest BCUT2D eigenvalue weighted by Gasteiger charge is 1.99. The minimum absolute atomic E-state index is 0.222. The molecule has 0 radical (unpaired) electrons. The Bertz CT molecular complexity index is 273. The Hall–Kier alpha value is -0.860. The maximum atomic E-state index is 9.33. The first-order valence-electron chi connectivity index (χ1n) is 5.16. The lowest BCUT2D eigenvalue weighted by Crippen LogP contribution is -2.25. The fourth-order valence-electron chi connectivity index (χ4n) is 1.35. The molecule has 0 aliphatic heterocycles. The highest BCUT2D eigenvalue weighted by atomic mass is 16.3. The van der Waals surface area contributed by atoms with E-state index < -0.39 is 0 Å². The van der Waals surface area contributed by atoms with E-state index in [0.29, 0.717) is 6.54 Å². The zero-order chi connectivity index (χ0) is 10.4. The van der Waals surface area contributed by atoms with Gasteiger partial charge in [-0.2, -0.15) is 0 Å². The first kappa shape index (κ1) is 11.2. The van der Waals surface area contributed by atoms with Crippen LogP contribution in [0.5, 0.6) is 0 Å². The summed E-state index contributed by atoms with van der Waals surface area (Å²) in [6.07, 6.45) is 0.584. The summed E-state index contributed by atoms with van der Waals surface area (Å²) in [5.74, 6) is 0. The minimum atomic E-state index is -0.222. The van der Waals surface area contributed by atoms with E-state index in [4.69, 9.17) is 0 Å². The van der Waals surface area contributed by atoms with Crippen molar-refractivity contribution in [3.63, 3.8) is 0 Å². The third-order valence-electron chi connectivity index (χ3n) is 2.26. The molecular formula is C12H19NO. The minimum Gasteiger partial charge on any atom is -0.392 e. The molecule has 0 spiro atoms. The standard InChI is InChI=1S/C12H19NO/c1-3-12(14)9-13-8-11-6-4-5-10(2)7-11/h4-7,12-14H,3,8-9H2,1-2H3. The van der Waals surface area contributed by atoms with E-state index >= 15 is 0 Å². The Morgan fingerprint density at radius 3 is 2.86 bits per heavy atom. The highest BCUT2D eigenvalue weighted by molar-refractivity contribution is 5.21. The van der Waals surface area contributed by atoms with E-state index in [1.165, 1.54) is 11.1 Å². The van der Waals surface area contributed by atoms with Crippen molar-refractivity contribution in [3.05, 3.63) is 35.4 Å². The molecule has 14 heavy (non-hydrogen) atoms. The zero-order valence-electron chi connectivity index (χ0n) is 8.96. The molecule has 2 nitrogen and oxygen atoms in total. The van der Waals surface area contributed by atoms with Gasteiger partial charge in [0.05, 0.1) is 6.10 Å². The number of rotatable bonds is 5. The van der Waals surface area contributed by atoms with Crippen LogP contribution < -0.4 is 5.32 Å². The molecule has 0 heterocycles. The predicted molar refractivity (Wildman–Crippen MR) is 59.2 cm³/mol. The lowest BCUT2D eigenvalue weighted by Gasteiger charge is -2.09. The molecule has 0 fully saturated rings. The van der Waals surface area contributed by atoms with Crippen molar-refractivity contribution in [3.8, 4) is 0 Å². The highest BCUT2D eigenvalue weighted by Crippen LogP contribution is 2.03. The number of hydrogen-bond donors (Lipinski definition) is 2. The van der Waals surface area contributed by atoms with E-state index in [1.807, 2.05) is 6.92 Å². The van der Waals surface area contributed by atoms with Gasteiger partial charge in [0.15, 0.2) is 0 Å². The van der Waals surface area contributed by atoms with E-state index in [0.717, 1.165) is 13.0 Å². The summed E-state index contributed by atoms with van der Waals surface area (Å²) in [6, 6.07) is 8.40. The van der Waals surface area contributed by atoms with Crippen LogP contribution in [-0.4, -0.2) is 17.8 Å². The summed E-state index contributed by atoms with van der Waals surface area (Å²) >= 11 is 0. The second-order valence-corrected chi connectivity index (χ2v) is 3.68. The van der Waals surface area contributed by atoms with Crippen LogP contribution in [0, 0.1) is 6.92 Å². The molecule has 0 aliphatic rings. The summed E-state index contributed by atoms with van der Waals surface area (Å²) in [6.45, 7) is 5.58. The lowest BCUT2D eigenvalue weighted by atomic mass is 10.1. The average Bonchev–Trinajstić information content (AvgIpc) is 2.17. The van der Waals surface area contributed by atoms with Crippen molar-refractivity contribution in [2.45, 2.75) is 32.9 Å². The molecule has 78 valence electrons. The Labute approximate surface area is 86.0 Å². The average molecular weight is 193 g/mol. The van der Waals surface area contributed by atoms with Crippen LogP contribution in [0.2, 0.25) is 0 Å². The van der Waals surface area contributed by atoms with Crippen LogP contribution in [0.25, 0.3) is 0 Å². The van der Waals surface area contributed by atoms with Gasteiger partial charge in [-0.15, -0.1) is 0 Å². The molecule has 0 aliphatic carbocycles. The molecule has 0 bridgehead atoms. The number of nitrogens with one attached hydrogen (secondary N) is 1. The van der Waals surface area contributed by atoms with E-state index in [1.54, 1.807) is 0 Å². The van der Waals surface area contributed by atoms with Gasteiger partial charge >= 0.3 is 0 Å². The Kier molecular flexibility index (Phi) is 4.63. The van der Waals surface area contributed by atoms with Crippen LogP contribution in [0.1, 0.15) is 24.5 Å². The van der Waals surface area contributed by atoms with Crippen LogP contribution in [0.3, 0.4) is 0 Å². The first-order chi connectivity index (χ1) is 6.72. The number of aliphatic hydroxyl groups excluding tert-OH is 1. The number of hydrogen-bond acceptors (Lipinski definition) is 2. The normalized spacial score (nSPS) is 12.8. The largest absolute Gasteiger partial charge is 0.392 e. The number of benzene rings is 1. The van der Waals surface area contributed by atoms with Gasteiger partial charge < -0.3 is 10.4 Å². The SMILES string of the molecule is CCC(O)CNCc1cccc(C)c1. The smallest absolute Gasteiger partial charge is 0.0662 e. The van der Waals surface area contributed by atoms with Gasteiger partial charge in [-0.1, -0.05) is 36.8 Å².